The van der Waals surface area contributed by atoms with Gasteiger partial charge in [0.2, 0.25) is 0 Å². The molecule has 0 saturated carbocycles. The van der Waals surface area contributed by atoms with E-state index in [2.05, 4.69) is 0 Å². The highest BCUT2D eigenvalue weighted by atomic mass is 16.5. The fourth-order valence-corrected chi connectivity index (χ4v) is 2.89. The fourth-order valence-electron chi connectivity index (χ4n) is 2.89. The number of benzene rings is 4. The van der Waals surface area contributed by atoms with Crippen molar-refractivity contribution in [3.63, 3.8) is 0 Å². The van der Waals surface area contributed by atoms with Crippen molar-refractivity contribution in [2.45, 2.75) is 0 Å². The molecule has 4 nitrogen and oxygen atoms in total. The topological polar surface area (TPSA) is 36.9 Å². The molecule has 0 aliphatic heterocycles. The molecule has 0 spiro atoms. The summed E-state index contributed by atoms with van der Waals surface area (Å²) in [5.74, 6) is 4.63. The SMILES string of the molecule is COc1ccc(Oc2ccc3ccc(Oc4ccc(OC)cc4)cc3c2)cc1. The van der Waals surface area contributed by atoms with Gasteiger partial charge in [-0.15, -0.1) is 0 Å². The van der Waals surface area contributed by atoms with E-state index in [4.69, 9.17) is 18.9 Å². The predicted molar refractivity (Wildman–Crippen MR) is 110 cm³/mol. The van der Waals surface area contributed by atoms with Gasteiger partial charge in [-0.25, -0.2) is 0 Å². The average molecular weight is 372 g/mol. The van der Waals surface area contributed by atoms with E-state index in [1.165, 1.54) is 0 Å². The predicted octanol–water partition coefficient (Wildman–Crippen LogP) is 6.44. The van der Waals surface area contributed by atoms with Crippen LogP contribution in [0.2, 0.25) is 0 Å². The minimum absolute atomic E-state index is 0.755. The molecular formula is C24H20O4. The van der Waals surface area contributed by atoms with Crippen LogP contribution >= 0.6 is 0 Å². The molecule has 0 saturated heterocycles. The molecule has 0 radical (unpaired) electrons. The molecule has 4 aromatic carbocycles. The highest BCUT2D eigenvalue weighted by molar-refractivity contribution is 5.85. The molecule has 0 fully saturated rings. The summed E-state index contributed by atoms with van der Waals surface area (Å²) in [5, 5.41) is 2.15. The molecule has 0 unspecified atom stereocenters. The van der Waals surface area contributed by atoms with Gasteiger partial charge in [0.25, 0.3) is 0 Å². The molecule has 4 aromatic rings. The lowest BCUT2D eigenvalue weighted by Crippen LogP contribution is -1.87. The molecular weight excluding hydrogens is 352 g/mol. The minimum Gasteiger partial charge on any atom is -0.497 e. The fraction of sp³-hybridized carbons (Fsp3) is 0.0833. The zero-order valence-corrected chi connectivity index (χ0v) is 15.7. The molecule has 0 bridgehead atoms. The molecule has 0 aliphatic rings. The molecule has 0 heterocycles. The van der Waals surface area contributed by atoms with Crippen LogP contribution in [0, 0.1) is 0 Å². The van der Waals surface area contributed by atoms with E-state index >= 15 is 0 Å². The Balaban J connectivity index is 1.55. The van der Waals surface area contributed by atoms with Gasteiger partial charge >= 0.3 is 0 Å². The van der Waals surface area contributed by atoms with Gasteiger partial charge in [0.1, 0.15) is 34.5 Å². The number of hydrogen-bond donors (Lipinski definition) is 0. The highest BCUT2D eigenvalue weighted by Gasteiger charge is 2.04. The second-order valence-corrected chi connectivity index (χ2v) is 6.23. The Hall–Kier alpha value is -3.66. The smallest absolute Gasteiger partial charge is 0.128 e. The normalized spacial score (nSPS) is 10.5. The standard InChI is InChI=1S/C24H20O4/c1-25-19-7-11-21(12-8-19)27-23-5-3-17-4-6-24(16-18(17)15-23)28-22-13-9-20(26-2)10-14-22/h3-16H,1-2H3. The lowest BCUT2D eigenvalue weighted by Gasteiger charge is -2.10. The summed E-state index contributed by atoms with van der Waals surface area (Å²) >= 11 is 0. The van der Waals surface area contributed by atoms with Crippen molar-refractivity contribution in [2.24, 2.45) is 0 Å². The maximum atomic E-state index is 5.96. The van der Waals surface area contributed by atoms with Crippen molar-refractivity contribution in [1.82, 2.24) is 0 Å². The maximum absolute atomic E-state index is 5.96. The average Bonchev–Trinajstić information content (AvgIpc) is 2.74. The van der Waals surface area contributed by atoms with Gasteiger partial charge in [0.15, 0.2) is 0 Å². The van der Waals surface area contributed by atoms with Gasteiger partial charge < -0.3 is 18.9 Å². The number of rotatable bonds is 6. The molecule has 4 rings (SSSR count). The second kappa shape index (κ2) is 7.92. The second-order valence-electron chi connectivity index (χ2n) is 6.23. The molecule has 0 aliphatic carbocycles. The first-order valence-electron chi connectivity index (χ1n) is 8.91. The number of ether oxygens (including phenoxy) is 4. The van der Waals surface area contributed by atoms with Crippen molar-refractivity contribution in [2.75, 3.05) is 14.2 Å². The van der Waals surface area contributed by atoms with E-state index in [1.807, 2.05) is 84.9 Å². The first-order valence-corrected chi connectivity index (χ1v) is 8.91. The lowest BCUT2D eigenvalue weighted by atomic mass is 10.1. The first-order chi connectivity index (χ1) is 13.7. The van der Waals surface area contributed by atoms with Crippen LogP contribution in [0.25, 0.3) is 10.8 Å². The third-order valence-corrected chi connectivity index (χ3v) is 4.37. The van der Waals surface area contributed by atoms with Crippen molar-refractivity contribution >= 4 is 10.8 Å². The van der Waals surface area contributed by atoms with Crippen molar-refractivity contribution in [3.8, 4) is 34.5 Å². The van der Waals surface area contributed by atoms with E-state index in [0.717, 1.165) is 45.3 Å². The van der Waals surface area contributed by atoms with Gasteiger partial charge in [-0.2, -0.15) is 0 Å². The van der Waals surface area contributed by atoms with Crippen LogP contribution in [-0.4, -0.2) is 14.2 Å². The zero-order valence-electron chi connectivity index (χ0n) is 15.7. The summed E-state index contributed by atoms with van der Waals surface area (Å²) in [4.78, 5) is 0. The monoisotopic (exact) mass is 372 g/mol. The van der Waals surface area contributed by atoms with E-state index in [9.17, 15) is 0 Å². The third kappa shape index (κ3) is 4.01. The Morgan fingerprint density at radius 2 is 0.750 bits per heavy atom. The molecule has 140 valence electrons. The highest BCUT2D eigenvalue weighted by Crippen LogP contribution is 2.31. The molecule has 28 heavy (non-hydrogen) atoms. The van der Waals surface area contributed by atoms with Crippen LogP contribution < -0.4 is 18.9 Å². The van der Waals surface area contributed by atoms with E-state index < -0.39 is 0 Å². The Labute approximate surface area is 163 Å². The maximum Gasteiger partial charge on any atom is 0.128 e. The lowest BCUT2D eigenvalue weighted by molar-refractivity contribution is 0.413. The molecule has 0 atom stereocenters. The molecule has 0 aromatic heterocycles. The summed E-state index contributed by atoms with van der Waals surface area (Å²) in [6.07, 6.45) is 0. The molecule has 0 amide bonds. The van der Waals surface area contributed by atoms with Crippen molar-refractivity contribution in [1.29, 1.82) is 0 Å². The number of fused-ring (bicyclic) bond motifs is 1. The van der Waals surface area contributed by atoms with Gasteiger partial charge in [0.05, 0.1) is 14.2 Å². The number of hydrogen-bond acceptors (Lipinski definition) is 4. The Morgan fingerprint density at radius 1 is 0.393 bits per heavy atom. The summed E-state index contributed by atoms with van der Waals surface area (Å²) in [5.41, 5.74) is 0. The summed E-state index contributed by atoms with van der Waals surface area (Å²) in [6, 6.07) is 27.0. The molecule has 4 heteroatoms. The Kier molecular flexibility index (Phi) is 5.02. The van der Waals surface area contributed by atoms with Crippen molar-refractivity contribution < 1.29 is 18.9 Å². The summed E-state index contributed by atoms with van der Waals surface area (Å²) in [6.45, 7) is 0. The third-order valence-electron chi connectivity index (χ3n) is 4.37. The first kappa shape index (κ1) is 17.7. The quantitative estimate of drug-likeness (QED) is 0.390. The van der Waals surface area contributed by atoms with Crippen molar-refractivity contribution in [3.05, 3.63) is 84.9 Å². The molecule has 0 N–H and O–H groups in total. The Bertz CT molecular complexity index is 986. The van der Waals surface area contributed by atoms with Crippen LogP contribution in [0.15, 0.2) is 84.9 Å². The van der Waals surface area contributed by atoms with E-state index in [-0.39, 0.29) is 0 Å². The minimum atomic E-state index is 0.755. The van der Waals surface area contributed by atoms with Crippen LogP contribution in [0.3, 0.4) is 0 Å². The summed E-state index contributed by atoms with van der Waals surface area (Å²) in [7, 11) is 3.29. The van der Waals surface area contributed by atoms with Gasteiger partial charge in [0, 0.05) is 0 Å². The largest absolute Gasteiger partial charge is 0.497 e. The Morgan fingerprint density at radius 3 is 1.14 bits per heavy atom. The van der Waals surface area contributed by atoms with Crippen LogP contribution in [-0.2, 0) is 0 Å². The van der Waals surface area contributed by atoms with Gasteiger partial charge in [-0.1, -0.05) is 12.1 Å². The number of methoxy groups -OCH3 is 2. The van der Waals surface area contributed by atoms with E-state index in [1.54, 1.807) is 14.2 Å². The van der Waals surface area contributed by atoms with Crippen LogP contribution in [0.1, 0.15) is 0 Å². The van der Waals surface area contributed by atoms with Crippen LogP contribution in [0.4, 0.5) is 0 Å². The zero-order chi connectivity index (χ0) is 19.3. The van der Waals surface area contributed by atoms with Gasteiger partial charge in [-0.3, -0.25) is 0 Å². The summed E-state index contributed by atoms with van der Waals surface area (Å²) < 4.78 is 22.3. The van der Waals surface area contributed by atoms with E-state index in [0.29, 0.717) is 0 Å². The van der Waals surface area contributed by atoms with Crippen LogP contribution in [0.5, 0.6) is 34.5 Å². The van der Waals surface area contributed by atoms with Gasteiger partial charge in [-0.05, 0) is 83.6 Å².